The summed E-state index contributed by atoms with van der Waals surface area (Å²) in [5.74, 6) is 0.508. The number of nitrogens with zero attached hydrogens (tertiary/aromatic N) is 6. The molecule has 37 heavy (non-hydrogen) atoms. The highest BCUT2D eigenvalue weighted by molar-refractivity contribution is 5.95. The van der Waals surface area contributed by atoms with Crippen LogP contribution in [0, 0.1) is 0 Å². The number of pyridine rings is 1. The fraction of sp³-hybridized carbons (Fsp3) is 0.179. The first-order valence-corrected chi connectivity index (χ1v) is 11.9. The minimum absolute atomic E-state index is 0.0368. The van der Waals surface area contributed by atoms with Crippen LogP contribution in [0.3, 0.4) is 0 Å². The molecule has 3 heterocycles. The lowest BCUT2D eigenvalue weighted by Crippen LogP contribution is -2.31. The standard InChI is InChI=1S/C28H27N7O2/c1-33(2)27(36)22-10-8-21(9-11-22)25-17-31-26(18-30-25)32-23-14-24(16-29-15-23)35-13-12-34(28(35)37)19-20-6-4-3-5-7-20/h3-11,14-18H,12-13,19H2,1-2H3,(H,31,32). The molecule has 9 heteroatoms. The molecule has 1 fully saturated rings. The highest BCUT2D eigenvalue weighted by Gasteiger charge is 2.29. The molecule has 2 aromatic carbocycles. The van der Waals surface area contributed by atoms with Crippen LogP contribution < -0.4 is 10.2 Å². The van der Waals surface area contributed by atoms with Gasteiger partial charge in [0, 0.05) is 44.9 Å². The Bertz CT molecular complexity index is 1390. The van der Waals surface area contributed by atoms with Gasteiger partial charge in [0.1, 0.15) is 5.82 Å². The van der Waals surface area contributed by atoms with Crippen LogP contribution >= 0.6 is 0 Å². The Labute approximate surface area is 215 Å². The first-order chi connectivity index (χ1) is 18.0. The summed E-state index contributed by atoms with van der Waals surface area (Å²) in [6, 6.07) is 19.1. The van der Waals surface area contributed by atoms with Crippen molar-refractivity contribution in [3.63, 3.8) is 0 Å². The van der Waals surface area contributed by atoms with E-state index in [9.17, 15) is 9.59 Å². The smallest absolute Gasteiger partial charge is 0.324 e. The average molecular weight is 494 g/mol. The summed E-state index contributed by atoms with van der Waals surface area (Å²) in [5, 5.41) is 3.21. The summed E-state index contributed by atoms with van der Waals surface area (Å²) in [5.41, 5.74) is 4.72. The van der Waals surface area contributed by atoms with Crippen molar-refractivity contribution in [3.05, 3.63) is 96.6 Å². The van der Waals surface area contributed by atoms with E-state index in [4.69, 9.17) is 0 Å². The Morgan fingerprint density at radius 2 is 1.73 bits per heavy atom. The van der Waals surface area contributed by atoms with E-state index in [1.807, 2.05) is 53.4 Å². The van der Waals surface area contributed by atoms with E-state index in [2.05, 4.69) is 20.3 Å². The normalized spacial score (nSPS) is 13.1. The SMILES string of the molecule is CN(C)C(=O)c1ccc(-c2cnc(Nc3cncc(N4CCN(Cc5ccccc5)C4=O)c3)cn2)cc1. The fourth-order valence-corrected chi connectivity index (χ4v) is 4.15. The molecule has 1 saturated heterocycles. The van der Waals surface area contributed by atoms with Crippen molar-refractivity contribution >= 4 is 29.1 Å². The molecule has 9 nitrogen and oxygen atoms in total. The lowest BCUT2D eigenvalue weighted by molar-refractivity contribution is 0.0827. The van der Waals surface area contributed by atoms with Crippen molar-refractivity contribution in [2.75, 3.05) is 37.4 Å². The maximum atomic E-state index is 13.0. The number of rotatable bonds is 7. The van der Waals surface area contributed by atoms with Gasteiger partial charge in [0.15, 0.2) is 0 Å². The molecule has 186 valence electrons. The molecule has 0 spiro atoms. The largest absolute Gasteiger partial charge is 0.345 e. The molecule has 5 rings (SSSR count). The minimum atomic E-state index is -0.0486. The molecule has 0 aliphatic carbocycles. The zero-order valence-electron chi connectivity index (χ0n) is 20.7. The third-order valence-electron chi connectivity index (χ3n) is 6.10. The number of amides is 3. The Hall–Kier alpha value is -4.79. The lowest BCUT2D eigenvalue weighted by atomic mass is 10.1. The van der Waals surface area contributed by atoms with Gasteiger partial charge in [-0.15, -0.1) is 0 Å². The van der Waals surface area contributed by atoms with Gasteiger partial charge in [0.2, 0.25) is 0 Å². The predicted molar refractivity (Wildman–Crippen MR) is 143 cm³/mol. The van der Waals surface area contributed by atoms with E-state index >= 15 is 0 Å². The molecule has 0 saturated carbocycles. The third-order valence-corrected chi connectivity index (χ3v) is 6.10. The third kappa shape index (κ3) is 5.40. The number of carbonyl (C=O) groups excluding carboxylic acids is 2. The lowest BCUT2D eigenvalue weighted by Gasteiger charge is -2.19. The van der Waals surface area contributed by atoms with Crippen molar-refractivity contribution in [1.82, 2.24) is 24.8 Å². The molecular weight excluding hydrogens is 466 g/mol. The van der Waals surface area contributed by atoms with Gasteiger partial charge in [-0.25, -0.2) is 9.78 Å². The monoisotopic (exact) mass is 493 g/mol. The summed E-state index contributed by atoms with van der Waals surface area (Å²) >= 11 is 0. The van der Waals surface area contributed by atoms with Crippen molar-refractivity contribution in [1.29, 1.82) is 0 Å². The van der Waals surface area contributed by atoms with Gasteiger partial charge in [0.25, 0.3) is 5.91 Å². The molecular formula is C28H27N7O2. The van der Waals surface area contributed by atoms with Gasteiger partial charge in [0.05, 0.1) is 41.9 Å². The Morgan fingerprint density at radius 1 is 0.946 bits per heavy atom. The molecule has 0 atom stereocenters. The summed E-state index contributed by atoms with van der Waals surface area (Å²) in [4.78, 5) is 43.5. The molecule has 4 aromatic rings. The molecule has 2 aromatic heterocycles. The molecule has 3 amide bonds. The summed E-state index contributed by atoms with van der Waals surface area (Å²) in [6.45, 7) is 1.84. The van der Waals surface area contributed by atoms with Crippen molar-refractivity contribution in [2.24, 2.45) is 0 Å². The quantitative estimate of drug-likeness (QED) is 0.409. The predicted octanol–water partition coefficient (Wildman–Crippen LogP) is 4.43. The molecule has 1 aliphatic heterocycles. The second kappa shape index (κ2) is 10.4. The number of anilines is 3. The number of urea groups is 1. The van der Waals surface area contributed by atoms with Crippen LogP contribution in [0.4, 0.5) is 22.0 Å². The number of benzene rings is 2. The van der Waals surface area contributed by atoms with Gasteiger partial charge in [-0.1, -0.05) is 42.5 Å². The van der Waals surface area contributed by atoms with Crippen LogP contribution in [0.1, 0.15) is 15.9 Å². The zero-order chi connectivity index (χ0) is 25.8. The van der Waals surface area contributed by atoms with E-state index in [0.29, 0.717) is 42.4 Å². The van der Waals surface area contributed by atoms with Crippen LogP contribution in [-0.2, 0) is 6.54 Å². The summed E-state index contributed by atoms with van der Waals surface area (Å²) in [7, 11) is 3.45. The van der Waals surface area contributed by atoms with Gasteiger partial charge < -0.3 is 15.1 Å². The van der Waals surface area contributed by atoms with Gasteiger partial charge in [-0.3, -0.25) is 19.7 Å². The molecule has 0 radical (unpaired) electrons. The van der Waals surface area contributed by atoms with Crippen molar-refractivity contribution in [2.45, 2.75) is 6.54 Å². The Morgan fingerprint density at radius 3 is 2.43 bits per heavy atom. The highest BCUT2D eigenvalue weighted by Crippen LogP contribution is 2.25. The van der Waals surface area contributed by atoms with Crippen LogP contribution in [0.15, 0.2) is 85.5 Å². The first-order valence-electron chi connectivity index (χ1n) is 11.9. The summed E-state index contributed by atoms with van der Waals surface area (Å²) < 4.78 is 0. The Balaban J connectivity index is 1.24. The number of hydrogen-bond donors (Lipinski definition) is 1. The topological polar surface area (TPSA) is 94.6 Å². The number of aromatic nitrogens is 3. The van der Waals surface area contributed by atoms with Crippen molar-refractivity contribution in [3.8, 4) is 11.3 Å². The van der Waals surface area contributed by atoms with E-state index in [1.165, 1.54) is 0 Å². The minimum Gasteiger partial charge on any atom is -0.345 e. The maximum absolute atomic E-state index is 13.0. The number of hydrogen-bond acceptors (Lipinski definition) is 6. The Kier molecular flexibility index (Phi) is 6.76. The van der Waals surface area contributed by atoms with E-state index in [1.54, 1.807) is 60.8 Å². The first kappa shape index (κ1) is 23.9. The van der Waals surface area contributed by atoms with Crippen molar-refractivity contribution < 1.29 is 9.59 Å². The molecule has 1 N–H and O–H groups in total. The van der Waals surface area contributed by atoms with Crippen LogP contribution in [0.2, 0.25) is 0 Å². The molecule has 0 unspecified atom stereocenters. The summed E-state index contributed by atoms with van der Waals surface area (Å²) in [6.07, 6.45) is 6.69. The van der Waals surface area contributed by atoms with E-state index < -0.39 is 0 Å². The second-order valence-electron chi connectivity index (χ2n) is 8.96. The number of nitrogens with one attached hydrogen (secondary N) is 1. The average Bonchev–Trinajstić information content (AvgIpc) is 3.29. The van der Waals surface area contributed by atoms with Crippen LogP contribution in [-0.4, -0.2) is 63.9 Å². The maximum Gasteiger partial charge on any atom is 0.324 e. The highest BCUT2D eigenvalue weighted by atomic mass is 16.2. The van der Waals surface area contributed by atoms with Crippen LogP contribution in [0.5, 0.6) is 0 Å². The van der Waals surface area contributed by atoms with Gasteiger partial charge in [-0.05, 0) is 23.8 Å². The second-order valence-corrected chi connectivity index (χ2v) is 8.96. The zero-order valence-corrected chi connectivity index (χ0v) is 20.7. The molecule has 0 bridgehead atoms. The molecule has 1 aliphatic rings. The van der Waals surface area contributed by atoms with Crippen LogP contribution in [0.25, 0.3) is 11.3 Å². The fourth-order valence-electron chi connectivity index (χ4n) is 4.15. The van der Waals surface area contributed by atoms with E-state index in [-0.39, 0.29) is 11.9 Å². The van der Waals surface area contributed by atoms with E-state index in [0.717, 1.165) is 16.8 Å². The number of carbonyl (C=O) groups is 2. The van der Waals surface area contributed by atoms with Gasteiger partial charge in [-0.2, -0.15) is 0 Å². The van der Waals surface area contributed by atoms with Gasteiger partial charge >= 0.3 is 6.03 Å².